The fourth-order valence-corrected chi connectivity index (χ4v) is 1.62. The van der Waals surface area contributed by atoms with Gasteiger partial charge in [-0.3, -0.25) is 4.99 Å². The second kappa shape index (κ2) is 5.44. The van der Waals surface area contributed by atoms with E-state index in [9.17, 15) is 0 Å². The van der Waals surface area contributed by atoms with Crippen LogP contribution in [0.5, 0.6) is 0 Å². The fraction of sp³-hybridized carbons (Fsp3) is 0.188. The largest absolute Gasteiger partial charge is 0.256 e. The van der Waals surface area contributed by atoms with Gasteiger partial charge in [0.05, 0.1) is 5.69 Å². The molecule has 0 saturated heterocycles. The molecule has 86 valence electrons. The molecule has 0 N–H and O–H groups in total. The number of aryl methyl sites for hydroxylation is 2. The first-order valence-electron chi connectivity index (χ1n) is 5.97. The van der Waals surface area contributed by atoms with Gasteiger partial charge in [0.1, 0.15) is 0 Å². The number of benzene rings is 2. The van der Waals surface area contributed by atoms with Gasteiger partial charge in [0, 0.05) is 6.21 Å². The molecule has 0 aliphatic rings. The van der Waals surface area contributed by atoms with Crippen molar-refractivity contribution in [1.82, 2.24) is 0 Å². The topological polar surface area (TPSA) is 12.4 Å². The van der Waals surface area contributed by atoms with Crippen LogP contribution < -0.4 is 0 Å². The van der Waals surface area contributed by atoms with Gasteiger partial charge in [-0.05, 0) is 36.6 Å². The minimum atomic E-state index is 0.996. The summed E-state index contributed by atoms with van der Waals surface area (Å²) in [5, 5.41) is 0. The van der Waals surface area contributed by atoms with E-state index < -0.39 is 0 Å². The highest BCUT2D eigenvalue weighted by molar-refractivity contribution is 5.81. The Kier molecular flexibility index (Phi) is 3.71. The van der Waals surface area contributed by atoms with E-state index in [0.717, 1.165) is 17.7 Å². The second-order valence-electron chi connectivity index (χ2n) is 4.19. The van der Waals surface area contributed by atoms with Gasteiger partial charge in [0.25, 0.3) is 0 Å². The third-order valence-electron chi connectivity index (χ3n) is 2.78. The van der Waals surface area contributed by atoms with E-state index in [-0.39, 0.29) is 0 Å². The Morgan fingerprint density at radius 3 is 2.18 bits per heavy atom. The summed E-state index contributed by atoms with van der Waals surface area (Å²) in [4.78, 5) is 4.45. The van der Waals surface area contributed by atoms with Gasteiger partial charge in [-0.1, -0.05) is 48.9 Å². The SMILES string of the molecule is CCc1ccc(C=Nc2ccc(C)cc2)cc1. The van der Waals surface area contributed by atoms with Crippen molar-refractivity contribution in [2.75, 3.05) is 0 Å². The lowest BCUT2D eigenvalue weighted by molar-refractivity contribution is 1.14. The van der Waals surface area contributed by atoms with Crippen LogP contribution in [0, 0.1) is 6.92 Å². The summed E-state index contributed by atoms with van der Waals surface area (Å²) in [7, 11) is 0. The van der Waals surface area contributed by atoms with Crippen LogP contribution in [-0.4, -0.2) is 6.21 Å². The van der Waals surface area contributed by atoms with Crippen LogP contribution in [0.2, 0.25) is 0 Å². The minimum absolute atomic E-state index is 0.996. The first kappa shape index (κ1) is 11.6. The molecule has 0 amide bonds. The van der Waals surface area contributed by atoms with Gasteiger partial charge in [-0.15, -0.1) is 0 Å². The van der Waals surface area contributed by atoms with Crippen molar-refractivity contribution in [3.8, 4) is 0 Å². The standard InChI is InChI=1S/C16H17N/c1-3-14-6-8-15(9-7-14)12-17-16-10-4-13(2)5-11-16/h4-12H,3H2,1-2H3. The van der Waals surface area contributed by atoms with Crippen LogP contribution >= 0.6 is 0 Å². The van der Waals surface area contributed by atoms with Gasteiger partial charge in [0.2, 0.25) is 0 Å². The van der Waals surface area contributed by atoms with E-state index in [1.165, 1.54) is 11.1 Å². The van der Waals surface area contributed by atoms with Crippen LogP contribution in [0.25, 0.3) is 0 Å². The predicted molar refractivity (Wildman–Crippen MR) is 74.3 cm³/mol. The Morgan fingerprint density at radius 1 is 0.941 bits per heavy atom. The van der Waals surface area contributed by atoms with E-state index in [0.29, 0.717) is 0 Å². The first-order chi connectivity index (χ1) is 8.28. The monoisotopic (exact) mass is 223 g/mol. The second-order valence-corrected chi connectivity index (χ2v) is 4.19. The van der Waals surface area contributed by atoms with Gasteiger partial charge < -0.3 is 0 Å². The Balaban J connectivity index is 2.11. The molecule has 1 nitrogen and oxygen atoms in total. The molecular weight excluding hydrogens is 206 g/mol. The van der Waals surface area contributed by atoms with Crippen LogP contribution in [0.1, 0.15) is 23.6 Å². The Bertz CT molecular complexity index is 492. The number of aliphatic imine (C=N–C) groups is 1. The van der Waals surface area contributed by atoms with Crippen LogP contribution in [0.4, 0.5) is 5.69 Å². The molecule has 0 bridgehead atoms. The van der Waals surface area contributed by atoms with Gasteiger partial charge in [-0.25, -0.2) is 0 Å². The van der Waals surface area contributed by atoms with Crippen molar-refractivity contribution in [2.24, 2.45) is 4.99 Å². The Hall–Kier alpha value is -1.89. The minimum Gasteiger partial charge on any atom is -0.256 e. The summed E-state index contributed by atoms with van der Waals surface area (Å²) in [5.74, 6) is 0. The van der Waals surface area contributed by atoms with Crippen molar-refractivity contribution in [3.63, 3.8) is 0 Å². The number of hydrogen-bond acceptors (Lipinski definition) is 1. The van der Waals surface area contributed by atoms with Gasteiger partial charge in [-0.2, -0.15) is 0 Å². The molecule has 2 rings (SSSR count). The Labute approximate surface area is 103 Å². The fourth-order valence-electron chi connectivity index (χ4n) is 1.62. The molecule has 0 heterocycles. The molecule has 17 heavy (non-hydrogen) atoms. The highest BCUT2D eigenvalue weighted by Gasteiger charge is 1.91. The summed E-state index contributed by atoms with van der Waals surface area (Å²) in [6.45, 7) is 4.24. The van der Waals surface area contributed by atoms with Crippen LogP contribution in [-0.2, 0) is 6.42 Å². The highest BCUT2D eigenvalue weighted by atomic mass is 14.7. The summed E-state index contributed by atoms with van der Waals surface area (Å²) in [5.41, 5.74) is 4.76. The van der Waals surface area contributed by atoms with Crippen molar-refractivity contribution in [2.45, 2.75) is 20.3 Å². The third-order valence-corrected chi connectivity index (χ3v) is 2.78. The highest BCUT2D eigenvalue weighted by Crippen LogP contribution is 2.12. The lowest BCUT2D eigenvalue weighted by atomic mass is 10.1. The van der Waals surface area contributed by atoms with E-state index in [4.69, 9.17) is 0 Å². The molecule has 0 unspecified atom stereocenters. The quantitative estimate of drug-likeness (QED) is 0.688. The van der Waals surface area contributed by atoms with Crippen molar-refractivity contribution in [1.29, 1.82) is 0 Å². The number of rotatable bonds is 3. The van der Waals surface area contributed by atoms with Crippen molar-refractivity contribution >= 4 is 11.9 Å². The molecule has 0 saturated carbocycles. The van der Waals surface area contributed by atoms with Crippen LogP contribution in [0.15, 0.2) is 53.5 Å². The van der Waals surface area contributed by atoms with Crippen molar-refractivity contribution < 1.29 is 0 Å². The molecule has 0 spiro atoms. The lowest BCUT2D eigenvalue weighted by Gasteiger charge is -1.97. The normalized spacial score (nSPS) is 10.9. The van der Waals surface area contributed by atoms with Gasteiger partial charge >= 0.3 is 0 Å². The maximum absolute atomic E-state index is 4.45. The number of hydrogen-bond donors (Lipinski definition) is 0. The molecule has 0 aliphatic carbocycles. The summed E-state index contributed by atoms with van der Waals surface area (Å²) in [6, 6.07) is 16.7. The summed E-state index contributed by atoms with van der Waals surface area (Å²) in [6.07, 6.45) is 2.99. The van der Waals surface area contributed by atoms with E-state index >= 15 is 0 Å². The molecule has 2 aromatic carbocycles. The third kappa shape index (κ3) is 3.28. The molecule has 0 fully saturated rings. The Morgan fingerprint density at radius 2 is 1.59 bits per heavy atom. The first-order valence-corrected chi connectivity index (χ1v) is 5.97. The maximum Gasteiger partial charge on any atom is 0.0630 e. The summed E-state index contributed by atoms with van der Waals surface area (Å²) < 4.78 is 0. The molecule has 2 aromatic rings. The maximum atomic E-state index is 4.45. The molecule has 0 atom stereocenters. The zero-order valence-electron chi connectivity index (χ0n) is 10.4. The molecular formula is C16H17N. The number of nitrogens with zero attached hydrogens (tertiary/aromatic N) is 1. The van der Waals surface area contributed by atoms with Crippen LogP contribution in [0.3, 0.4) is 0 Å². The zero-order valence-corrected chi connectivity index (χ0v) is 10.4. The molecule has 1 heteroatoms. The summed E-state index contributed by atoms with van der Waals surface area (Å²) >= 11 is 0. The molecule has 0 radical (unpaired) electrons. The van der Waals surface area contributed by atoms with E-state index in [2.05, 4.69) is 55.2 Å². The van der Waals surface area contributed by atoms with Gasteiger partial charge in [0.15, 0.2) is 0 Å². The zero-order chi connectivity index (χ0) is 12.1. The average Bonchev–Trinajstić information content (AvgIpc) is 2.39. The lowest BCUT2D eigenvalue weighted by Crippen LogP contribution is -1.83. The predicted octanol–water partition coefficient (Wildman–Crippen LogP) is 4.31. The average molecular weight is 223 g/mol. The van der Waals surface area contributed by atoms with E-state index in [1.807, 2.05) is 18.3 Å². The molecule has 0 aliphatic heterocycles. The van der Waals surface area contributed by atoms with E-state index in [1.54, 1.807) is 0 Å². The molecule has 0 aromatic heterocycles. The smallest absolute Gasteiger partial charge is 0.0630 e. The van der Waals surface area contributed by atoms with Crippen molar-refractivity contribution in [3.05, 3.63) is 65.2 Å².